The molecule has 0 aliphatic carbocycles. The topological polar surface area (TPSA) is 55.1 Å². The van der Waals surface area contributed by atoms with Crippen molar-refractivity contribution in [3.63, 3.8) is 0 Å². The minimum Gasteiger partial charge on any atom is -0.389 e. The van der Waals surface area contributed by atoms with Crippen LogP contribution in [0.25, 0.3) is 0 Å². The molecule has 3 nitrogen and oxygen atoms in total. The second-order valence-electron chi connectivity index (χ2n) is 3.04. The van der Waals surface area contributed by atoms with Crippen LogP contribution in [0.2, 0.25) is 5.02 Å². The smallest absolute Gasteiger partial charge is 0.234 e. The van der Waals surface area contributed by atoms with Gasteiger partial charge in [0, 0.05) is 10.6 Å². The number of nitrogens with two attached hydrogens (primary N) is 1. The summed E-state index contributed by atoms with van der Waals surface area (Å²) in [5, 5.41) is 3.25. The van der Waals surface area contributed by atoms with Crippen LogP contribution in [0, 0.1) is 0 Å². The average molecular weight is 275 g/mol. The number of benzene rings is 1. The molecule has 0 unspecified atom stereocenters. The van der Waals surface area contributed by atoms with Gasteiger partial charge in [-0.15, -0.1) is 0 Å². The second kappa shape index (κ2) is 6.08. The van der Waals surface area contributed by atoms with Crippen molar-refractivity contribution < 1.29 is 4.79 Å². The van der Waals surface area contributed by atoms with Gasteiger partial charge in [-0.05, 0) is 24.5 Å². The lowest BCUT2D eigenvalue weighted by molar-refractivity contribution is -0.113. The summed E-state index contributed by atoms with van der Waals surface area (Å²) < 4.78 is 0. The minimum atomic E-state index is -0.104. The van der Waals surface area contributed by atoms with Gasteiger partial charge in [-0.1, -0.05) is 23.8 Å². The van der Waals surface area contributed by atoms with Crippen molar-refractivity contribution >= 4 is 52.2 Å². The lowest BCUT2D eigenvalue weighted by atomic mass is 10.2. The van der Waals surface area contributed by atoms with E-state index < -0.39 is 0 Å². The summed E-state index contributed by atoms with van der Waals surface area (Å²) in [7, 11) is 0. The Balaban J connectivity index is 2.96. The largest absolute Gasteiger partial charge is 0.389 e. The molecule has 1 aromatic rings. The molecule has 0 saturated heterocycles. The third-order valence-electron chi connectivity index (χ3n) is 1.80. The third kappa shape index (κ3) is 3.66. The molecule has 1 amide bonds. The molecule has 86 valence electrons. The molecular weight excluding hydrogens is 264 g/mol. The standard InChI is InChI=1S/C10H11ClN2OS2/c1-16-5-9(14)13-8-4-6(11)2-3-7(8)10(12)15/h2-4H,5H2,1H3,(H2,12,15)(H,13,14). The van der Waals surface area contributed by atoms with Crippen LogP contribution in [0.5, 0.6) is 0 Å². The summed E-state index contributed by atoms with van der Waals surface area (Å²) in [6.45, 7) is 0. The minimum absolute atomic E-state index is 0.104. The molecule has 0 saturated carbocycles. The number of rotatable bonds is 4. The fourth-order valence-corrected chi connectivity index (χ4v) is 1.84. The highest BCUT2D eigenvalue weighted by atomic mass is 35.5. The third-order valence-corrected chi connectivity index (χ3v) is 2.80. The van der Waals surface area contributed by atoms with E-state index in [1.165, 1.54) is 11.8 Å². The average Bonchev–Trinajstić information content (AvgIpc) is 2.17. The summed E-state index contributed by atoms with van der Waals surface area (Å²) in [4.78, 5) is 11.7. The maximum absolute atomic E-state index is 11.4. The monoisotopic (exact) mass is 274 g/mol. The molecule has 0 fully saturated rings. The van der Waals surface area contributed by atoms with E-state index in [2.05, 4.69) is 5.32 Å². The maximum Gasteiger partial charge on any atom is 0.234 e. The first-order valence-corrected chi connectivity index (χ1v) is 6.60. The zero-order valence-corrected chi connectivity index (χ0v) is 11.0. The van der Waals surface area contributed by atoms with Gasteiger partial charge in [-0.3, -0.25) is 4.79 Å². The summed E-state index contributed by atoms with van der Waals surface area (Å²) >= 11 is 12.2. The van der Waals surface area contributed by atoms with Gasteiger partial charge in [0.1, 0.15) is 4.99 Å². The molecule has 0 bridgehead atoms. The number of carbonyl (C=O) groups excluding carboxylic acids is 1. The van der Waals surface area contributed by atoms with E-state index >= 15 is 0 Å². The molecule has 16 heavy (non-hydrogen) atoms. The van der Waals surface area contributed by atoms with Crippen LogP contribution < -0.4 is 11.1 Å². The van der Waals surface area contributed by atoms with Crippen molar-refractivity contribution in [1.29, 1.82) is 0 Å². The first-order valence-electron chi connectivity index (χ1n) is 4.42. The summed E-state index contributed by atoms with van der Waals surface area (Å²) in [6, 6.07) is 5.01. The van der Waals surface area contributed by atoms with Crippen molar-refractivity contribution in [3.05, 3.63) is 28.8 Å². The second-order valence-corrected chi connectivity index (χ2v) is 4.78. The number of amides is 1. The van der Waals surface area contributed by atoms with E-state index in [0.717, 1.165) is 0 Å². The first-order chi connectivity index (χ1) is 7.54. The number of nitrogens with one attached hydrogen (secondary N) is 1. The van der Waals surface area contributed by atoms with Gasteiger partial charge in [0.05, 0.1) is 11.4 Å². The van der Waals surface area contributed by atoms with E-state index in [1.807, 2.05) is 6.26 Å². The molecule has 0 spiro atoms. The van der Waals surface area contributed by atoms with Crippen LogP contribution in [0.15, 0.2) is 18.2 Å². The van der Waals surface area contributed by atoms with E-state index in [-0.39, 0.29) is 10.9 Å². The Kier molecular flexibility index (Phi) is 5.05. The Bertz CT molecular complexity index is 423. The molecular formula is C10H11ClN2OS2. The lowest BCUT2D eigenvalue weighted by Crippen LogP contribution is -2.18. The normalized spacial score (nSPS) is 9.88. The molecule has 0 aliphatic heterocycles. The number of halogens is 1. The summed E-state index contributed by atoms with van der Waals surface area (Å²) in [6.07, 6.45) is 1.85. The van der Waals surface area contributed by atoms with Crippen molar-refractivity contribution in [2.45, 2.75) is 0 Å². The predicted molar refractivity (Wildman–Crippen MR) is 74.4 cm³/mol. The molecule has 6 heteroatoms. The molecule has 0 atom stereocenters. The van der Waals surface area contributed by atoms with E-state index in [9.17, 15) is 4.79 Å². The highest BCUT2D eigenvalue weighted by Gasteiger charge is 2.09. The quantitative estimate of drug-likeness (QED) is 0.827. The number of anilines is 1. The Morgan fingerprint density at radius 2 is 2.31 bits per heavy atom. The molecule has 0 heterocycles. The van der Waals surface area contributed by atoms with Crippen LogP contribution in [0.4, 0.5) is 5.69 Å². The Hall–Kier alpha value is -0.780. The van der Waals surface area contributed by atoms with Gasteiger partial charge < -0.3 is 11.1 Å². The van der Waals surface area contributed by atoms with Crippen LogP contribution in [-0.4, -0.2) is 22.9 Å². The summed E-state index contributed by atoms with van der Waals surface area (Å²) in [5.41, 5.74) is 6.72. The Labute approximate surface area is 109 Å². The number of thioether (sulfide) groups is 1. The van der Waals surface area contributed by atoms with Crippen molar-refractivity contribution in [2.24, 2.45) is 5.73 Å². The molecule has 0 aromatic heterocycles. The summed E-state index contributed by atoms with van der Waals surface area (Å²) in [5.74, 6) is 0.274. The van der Waals surface area contributed by atoms with Gasteiger partial charge in [-0.25, -0.2) is 0 Å². The fraction of sp³-hybridized carbons (Fsp3) is 0.200. The Morgan fingerprint density at radius 3 is 2.88 bits per heavy atom. The van der Waals surface area contributed by atoms with E-state index in [0.29, 0.717) is 22.0 Å². The van der Waals surface area contributed by atoms with Crippen molar-refractivity contribution in [1.82, 2.24) is 0 Å². The molecule has 1 rings (SSSR count). The van der Waals surface area contributed by atoms with Crippen LogP contribution in [0.3, 0.4) is 0 Å². The number of hydrogen-bond acceptors (Lipinski definition) is 3. The van der Waals surface area contributed by atoms with Crippen LogP contribution in [-0.2, 0) is 4.79 Å². The van der Waals surface area contributed by atoms with Crippen molar-refractivity contribution in [3.8, 4) is 0 Å². The number of hydrogen-bond donors (Lipinski definition) is 2. The Morgan fingerprint density at radius 1 is 1.62 bits per heavy atom. The number of carbonyl (C=O) groups is 1. The predicted octanol–water partition coefficient (Wildman–Crippen LogP) is 2.28. The maximum atomic E-state index is 11.4. The first kappa shape index (κ1) is 13.3. The lowest BCUT2D eigenvalue weighted by Gasteiger charge is -2.10. The van der Waals surface area contributed by atoms with Gasteiger partial charge in [0.25, 0.3) is 0 Å². The highest BCUT2D eigenvalue weighted by molar-refractivity contribution is 7.99. The molecule has 3 N–H and O–H groups in total. The molecule has 1 aromatic carbocycles. The fourth-order valence-electron chi connectivity index (χ4n) is 1.15. The number of thiocarbonyl (C=S) groups is 1. The highest BCUT2D eigenvalue weighted by Crippen LogP contribution is 2.21. The SMILES string of the molecule is CSCC(=O)Nc1cc(Cl)ccc1C(N)=S. The van der Waals surface area contributed by atoms with Crippen LogP contribution in [0.1, 0.15) is 5.56 Å². The van der Waals surface area contributed by atoms with Gasteiger partial charge in [0.15, 0.2) is 0 Å². The zero-order chi connectivity index (χ0) is 12.1. The zero-order valence-electron chi connectivity index (χ0n) is 8.62. The van der Waals surface area contributed by atoms with Gasteiger partial charge in [0.2, 0.25) is 5.91 Å². The van der Waals surface area contributed by atoms with E-state index in [4.69, 9.17) is 29.6 Å². The van der Waals surface area contributed by atoms with Crippen LogP contribution >= 0.6 is 35.6 Å². The van der Waals surface area contributed by atoms with Gasteiger partial charge >= 0.3 is 0 Å². The molecule has 0 aliphatic rings. The molecule has 0 radical (unpaired) electrons. The van der Waals surface area contributed by atoms with E-state index in [1.54, 1.807) is 18.2 Å². The van der Waals surface area contributed by atoms with Crippen molar-refractivity contribution in [2.75, 3.05) is 17.3 Å². The van der Waals surface area contributed by atoms with Gasteiger partial charge in [-0.2, -0.15) is 11.8 Å².